The van der Waals surface area contributed by atoms with Gasteiger partial charge in [-0.15, -0.1) is 11.3 Å². The molecule has 0 radical (unpaired) electrons. The number of likely N-dealkylation sites (tertiary alicyclic amines) is 1. The van der Waals surface area contributed by atoms with Crippen molar-refractivity contribution in [1.29, 1.82) is 0 Å². The number of aromatic nitrogens is 1. The fraction of sp³-hybridized carbons (Fsp3) is 0.320. The summed E-state index contributed by atoms with van der Waals surface area (Å²) in [6, 6.07) is 15.1. The average molecular weight is 466 g/mol. The first-order valence-electron chi connectivity index (χ1n) is 11.0. The third kappa shape index (κ3) is 5.34. The van der Waals surface area contributed by atoms with Crippen LogP contribution in [0, 0.1) is 5.92 Å². The van der Waals surface area contributed by atoms with E-state index in [1.165, 1.54) is 11.3 Å². The van der Waals surface area contributed by atoms with Crippen LogP contribution in [0.5, 0.6) is 11.5 Å². The fourth-order valence-corrected chi connectivity index (χ4v) is 4.65. The van der Waals surface area contributed by atoms with Crippen LogP contribution in [0.25, 0.3) is 10.6 Å². The van der Waals surface area contributed by atoms with Gasteiger partial charge in [0.15, 0.2) is 0 Å². The molecule has 0 atom stereocenters. The lowest BCUT2D eigenvalue weighted by atomic mass is 9.95. The molecular formula is C25H27N3O4S. The van der Waals surface area contributed by atoms with Crippen LogP contribution in [0.3, 0.4) is 0 Å². The van der Waals surface area contributed by atoms with E-state index in [1.807, 2.05) is 55.5 Å². The van der Waals surface area contributed by atoms with E-state index in [4.69, 9.17) is 9.47 Å². The van der Waals surface area contributed by atoms with Crippen LogP contribution < -0.4 is 14.8 Å². The molecule has 0 spiro atoms. The summed E-state index contributed by atoms with van der Waals surface area (Å²) in [5, 5.41) is 5.55. The first-order chi connectivity index (χ1) is 16.1. The van der Waals surface area contributed by atoms with Gasteiger partial charge in [-0.05, 0) is 56.2 Å². The SMILES string of the molecule is CCOc1ccc(-c2nc(C(=O)N3CCC(C(=O)Nc4ccccc4OC)CC3)cs2)cc1. The standard InChI is InChI=1S/C25H27N3O4S/c1-3-32-19-10-8-18(9-11-19)24-27-21(16-33-24)25(30)28-14-12-17(13-15-28)23(29)26-20-6-4-5-7-22(20)31-2/h4-11,16-17H,3,12-15H2,1-2H3,(H,26,29). The maximum Gasteiger partial charge on any atom is 0.273 e. The molecule has 3 aromatic rings. The monoisotopic (exact) mass is 465 g/mol. The van der Waals surface area contributed by atoms with E-state index in [1.54, 1.807) is 17.4 Å². The average Bonchev–Trinajstić information content (AvgIpc) is 3.35. The first kappa shape index (κ1) is 22.8. The second kappa shape index (κ2) is 10.5. The second-order valence-electron chi connectivity index (χ2n) is 7.75. The maximum absolute atomic E-state index is 13.0. The fourth-order valence-electron chi connectivity index (χ4n) is 3.85. The van der Waals surface area contributed by atoms with Gasteiger partial charge >= 0.3 is 0 Å². The molecule has 0 bridgehead atoms. The van der Waals surface area contributed by atoms with E-state index in [2.05, 4.69) is 10.3 Å². The number of anilines is 1. The maximum atomic E-state index is 13.0. The highest BCUT2D eigenvalue weighted by Gasteiger charge is 2.29. The van der Waals surface area contributed by atoms with Crippen LogP contribution in [0.4, 0.5) is 5.69 Å². The summed E-state index contributed by atoms with van der Waals surface area (Å²) in [5.74, 6) is 1.16. The van der Waals surface area contributed by atoms with Gasteiger partial charge in [0.2, 0.25) is 5.91 Å². The molecule has 1 aromatic heterocycles. The van der Waals surface area contributed by atoms with E-state index < -0.39 is 0 Å². The Morgan fingerprint density at radius 3 is 2.55 bits per heavy atom. The summed E-state index contributed by atoms with van der Waals surface area (Å²) in [6.45, 7) is 3.62. The lowest BCUT2D eigenvalue weighted by molar-refractivity contribution is -0.121. The number of carbonyl (C=O) groups is 2. The molecule has 1 aliphatic heterocycles. The Kier molecular flexibility index (Phi) is 7.24. The number of nitrogens with one attached hydrogen (secondary N) is 1. The summed E-state index contributed by atoms with van der Waals surface area (Å²) >= 11 is 1.45. The van der Waals surface area contributed by atoms with Crippen molar-refractivity contribution < 1.29 is 19.1 Å². The number of rotatable bonds is 7. The number of hydrogen-bond donors (Lipinski definition) is 1. The number of amides is 2. The largest absolute Gasteiger partial charge is 0.495 e. The molecule has 2 heterocycles. The third-order valence-electron chi connectivity index (χ3n) is 5.65. The molecule has 0 saturated carbocycles. The number of ether oxygens (including phenoxy) is 2. The summed E-state index contributed by atoms with van der Waals surface area (Å²) in [4.78, 5) is 32.0. The van der Waals surface area contributed by atoms with Crippen molar-refractivity contribution in [2.75, 3.05) is 32.1 Å². The molecule has 2 amide bonds. The zero-order chi connectivity index (χ0) is 23.2. The number of para-hydroxylation sites is 2. The predicted octanol–water partition coefficient (Wildman–Crippen LogP) is 4.71. The number of thiazole rings is 1. The van der Waals surface area contributed by atoms with Crippen LogP contribution in [0.15, 0.2) is 53.9 Å². The molecule has 1 N–H and O–H groups in total. The minimum Gasteiger partial charge on any atom is -0.495 e. The van der Waals surface area contributed by atoms with Crippen LogP contribution >= 0.6 is 11.3 Å². The number of benzene rings is 2. The highest BCUT2D eigenvalue weighted by Crippen LogP contribution is 2.28. The van der Waals surface area contributed by atoms with Crippen molar-refractivity contribution in [2.45, 2.75) is 19.8 Å². The Balaban J connectivity index is 1.33. The zero-order valence-corrected chi connectivity index (χ0v) is 19.6. The van der Waals surface area contributed by atoms with Crippen LogP contribution in [0.1, 0.15) is 30.3 Å². The molecule has 7 nitrogen and oxygen atoms in total. The molecule has 172 valence electrons. The highest BCUT2D eigenvalue weighted by molar-refractivity contribution is 7.13. The minimum atomic E-state index is -0.145. The quantitative estimate of drug-likeness (QED) is 0.547. The van der Waals surface area contributed by atoms with Crippen molar-refractivity contribution in [1.82, 2.24) is 9.88 Å². The molecule has 0 aliphatic carbocycles. The Morgan fingerprint density at radius 1 is 1.12 bits per heavy atom. The molecular weight excluding hydrogens is 438 g/mol. The van der Waals surface area contributed by atoms with Crippen LogP contribution in [-0.2, 0) is 4.79 Å². The van der Waals surface area contributed by atoms with E-state index in [-0.39, 0.29) is 17.7 Å². The van der Waals surface area contributed by atoms with Crippen molar-refractivity contribution in [3.05, 3.63) is 59.6 Å². The Bertz CT molecular complexity index is 1100. The number of hydrogen-bond acceptors (Lipinski definition) is 6. The van der Waals surface area contributed by atoms with Crippen LogP contribution in [-0.4, -0.2) is 48.5 Å². The van der Waals surface area contributed by atoms with Crippen molar-refractivity contribution >= 4 is 28.8 Å². The highest BCUT2D eigenvalue weighted by atomic mass is 32.1. The van der Waals surface area contributed by atoms with Gasteiger partial charge in [-0.2, -0.15) is 0 Å². The van der Waals surface area contributed by atoms with Gasteiger partial charge in [-0.3, -0.25) is 9.59 Å². The molecule has 0 unspecified atom stereocenters. The molecule has 33 heavy (non-hydrogen) atoms. The minimum absolute atomic E-state index is 0.0435. The molecule has 1 aliphatic rings. The summed E-state index contributed by atoms with van der Waals surface area (Å²) < 4.78 is 10.8. The predicted molar refractivity (Wildman–Crippen MR) is 129 cm³/mol. The van der Waals surface area contributed by atoms with Crippen molar-refractivity contribution in [3.8, 4) is 22.1 Å². The Labute approximate surface area is 197 Å². The summed E-state index contributed by atoms with van der Waals surface area (Å²) in [7, 11) is 1.58. The van der Waals surface area contributed by atoms with Gasteiger partial charge in [0, 0.05) is 30.0 Å². The van der Waals surface area contributed by atoms with Gasteiger partial charge in [-0.1, -0.05) is 12.1 Å². The zero-order valence-electron chi connectivity index (χ0n) is 18.7. The lowest BCUT2D eigenvalue weighted by Gasteiger charge is -2.31. The summed E-state index contributed by atoms with van der Waals surface area (Å²) in [5.41, 5.74) is 2.06. The van der Waals surface area contributed by atoms with Crippen molar-refractivity contribution in [3.63, 3.8) is 0 Å². The van der Waals surface area contributed by atoms with E-state index in [9.17, 15) is 9.59 Å². The van der Waals surface area contributed by atoms with Gasteiger partial charge < -0.3 is 19.7 Å². The smallest absolute Gasteiger partial charge is 0.273 e. The number of methoxy groups -OCH3 is 1. The Hall–Kier alpha value is -3.39. The number of piperidine rings is 1. The van der Waals surface area contributed by atoms with E-state index in [0.29, 0.717) is 49.7 Å². The van der Waals surface area contributed by atoms with Crippen LogP contribution in [0.2, 0.25) is 0 Å². The molecule has 2 aromatic carbocycles. The Morgan fingerprint density at radius 2 is 1.85 bits per heavy atom. The first-order valence-corrected chi connectivity index (χ1v) is 11.9. The lowest BCUT2D eigenvalue weighted by Crippen LogP contribution is -2.41. The number of carbonyl (C=O) groups excluding carboxylic acids is 2. The van der Waals surface area contributed by atoms with Gasteiger partial charge in [0.05, 0.1) is 19.4 Å². The third-order valence-corrected chi connectivity index (χ3v) is 6.54. The van der Waals surface area contributed by atoms with E-state index >= 15 is 0 Å². The summed E-state index contributed by atoms with van der Waals surface area (Å²) in [6.07, 6.45) is 1.23. The molecule has 8 heteroatoms. The molecule has 1 saturated heterocycles. The van der Waals surface area contributed by atoms with Gasteiger partial charge in [-0.25, -0.2) is 4.98 Å². The topological polar surface area (TPSA) is 80.8 Å². The second-order valence-corrected chi connectivity index (χ2v) is 8.61. The van der Waals surface area contributed by atoms with Crippen molar-refractivity contribution in [2.24, 2.45) is 5.92 Å². The normalized spacial score (nSPS) is 14.1. The number of nitrogens with zero attached hydrogens (tertiary/aromatic N) is 2. The van der Waals surface area contributed by atoms with Gasteiger partial charge in [0.1, 0.15) is 22.2 Å². The van der Waals surface area contributed by atoms with Gasteiger partial charge in [0.25, 0.3) is 5.91 Å². The molecule has 4 rings (SSSR count). The van der Waals surface area contributed by atoms with E-state index in [0.717, 1.165) is 16.3 Å². The molecule has 1 fully saturated rings.